The van der Waals surface area contributed by atoms with Gasteiger partial charge in [0.25, 0.3) is 0 Å². The predicted octanol–water partition coefficient (Wildman–Crippen LogP) is 0.943. The summed E-state index contributed by atoms with van der Waals surface area (Å²) in [5.41, 5.74) is -0.188. The number of rotatable bonds is 5. The molecule has 1 aliphatic heterocycles. The highest BCUT2D eigenvalue weighted by molar-refractivity contribution is 5.75. The van der Waals surface area contributed by atoms with Crippen molar-refractivity contribution >= 4 is 5.97 Å². The van der Waals surface area contributed by atoms with Gasteiger partial charge in [-0.15, -0.1) is 0 Å². The third-order valence-corrected chi connectivity index (χ3v) is 3.44. The lowest BCUT2D eigenvalue weighted by Gasteiger charge is -2.33. The topological polar surface area (TPSA) is 78.8 Å². The van der Waals surface area contributed by atoms with Gasteiger partial charge in [0.05, 0.1) is 5.60 Å². The second kappa shape index (κ2) is 6.14. The van der Waals surface area contributed by atoms with Gasteiger partial charge in [-0.1, -0.05) is 30.3 Å². The van der Waals surface area contributed by atoms with E-state index in [4.69, 9.17) is 4.74 Å². The van der Waals surface area contributed by atoms with Crippen molar-refractivity contribution < 1.29 is 19.7 Å². The minimum absolute atomic E-state index is 0.252. The highest BCUT2D eigenvalue weighted by Crippen LogP contribution is 2.21. The van der Waals surface area contributed by atoms with Crippen LogP contribution < -0.4 is 5.32 Å². The van der Waals surface area contributed by atoms with Gasteiger partial charge in [-0.05, 0) is 5.56 Å². The molecule has 5 nitrogen and oxygen atoms in total. The highest BCUT2D eigenvalue weighted by atomic mass is 16.5. The van der Waals surface area contributed by atoms with Gasteiger partial charge in [0.2, 0.25) is 0 Å². The maximum absolute atomic E-state index is 11.3. The van der Waals surface area contributed by atoms with Crippen LogP contribution in [0.2, 0.25) is 0 Å². The number of carboxylic acids is 1. The van der Waals surface area contributed by atoms with E-state index in [1.807, 2.05) is 6.07 Å². The van der Waals surface area contributed by atoms with Gasteiger partial charge in [-0.25, -0.2) is 0 Å². The van der Waals surface area contributed by atoms with Crippen LogP contribution in [0.15, 0.2) is 30.3 Å². The lowest BCUT2D eigenvalue weighted by atomic mass is 9.93. The van der Waals surface area contributed by atoms with E-state index < -0.39 is 17.6 Å². The van der Waals surface area contributed by atoms with Gasteiger partial charge < -0.3 is 14.9 Å². The number of benzene rings is 1. The molecule has 0 bridgehead atoms. The minimum Gasteiger partial charge on any atom is -0.480 e. The average molecular weight is 265 g/mol. The van der Waals surface area contributed by atoms with Crippen molar-refractivity contribution in [1.29, 1.82) is 0 Å². The molecule has 3 N–H and O–H groups in total. The summed E-state index contributed by atoms with van der Waals surface area (Å²) in [6, 6.07) is 8.17. The molecular weight excluding hydrogens is 246 g/mol. The van der Waals surface area contributed by atoms with Crippen molar-refractivity contribution in [2.24, 2.45) is 0 Å². The van der Waals surface area contributed by atoms with Gasteiger partial charge >= 0.3 is 5.97 Å². The molecule has 1 fully saturated rings. The highest BCUT2D eigenvalue weighted by Gasteiger charge is 2.31. The Kier molecular flexibility index (Phi) is 4.52. The molecule has 0 radical (unpaired) electrons. The van der Waals surface area contributed by atoms with Crippen LogP contribution in [0.5, 0.6) is 0 Å². The standard InChI is InChI=1S/C14H19NO4/c16-13(17)12(11-4-2-1-3-5-11)15-10-14(18)6-8-19-9-7-14/h1-5,12,15,18H,6-10H2,(H,16,17). The molecule has 0 aliphatic carbocycles. The predicted molar refractivity (Wildman–Crippen MR) is 69.8 cm³/mol. The van der Waals surface area contributed by atoms with E-state index in [-0.39, 0.29) is 6.54 Å². The fourth-order valence-corrected chi connectivity index (χ4v) is 2.21. The Labute approximate surface area is 112 Å². The summed E-state index contributed by atoms with van der Waals surface area (Å²) < 4.78 is 5.20. The molecule has 0 saturated carbocycles. The van der Waals surface area contributed by atoms with E-state index in [9.17, 15) is 15.0 Å². The van der Waals surface area contributed by atoms with Gasteiger partial charge in [0.15, 0.2) is 0 Å². The Morgan fingerprint density at radius 3 is 2.53 bits per heavy atom. The molecule has 2 rings (SSSR count). The van der Waals surface area contributed by atoms with Crippen molar-refractivity contribution in [3.05, 3.63) is 35.9 Å². The van der Waals surface area contributed by atoms with Crippen LogP contribution in [0, 0.1) is 0 Å². The Hall–Kier alpha value is -1.43. The summed E-state index contributed by atoms with van der Waals surface area (Å²) in [6.07, 6.45) is 1.06. The van der Waals surface area contributed by atoms with Crippen LogP contribution in [0.1, 0.15) is 24.4 Å². The third-order valence-electron chi connectivity index (χ3n) is 3.44. The molecule has 0 spiro atoms. The lowest BCUT2D eigenvalue weighted by molar-refractivity contribution is -0.140. The summed E-state index contributed by atoms with van der Waals surface area (Å²) in [4.78, 5) is 11.3. The van der Waals surface area contributed by atoms with E-state index in [0.29, 0.717) is 31.6 Å². The summed E-state index contributed by atoms with van der Waals surface area (Å²) in [7, 11) is 0. The van der Waals surface area contributed by atoms with Crippen LogP contribution in [0.3, 0.4) is 0 Å². The molecule has 1 aromatic carbocycles. The van der Waals surface area contributed by atoms with E-state index in [2.05, 4.69) is 5.32 Å². The molecule has 1 aromatic rings. The number of ether oxygens (including phenoxy) is 1. The second-order valence-corrected chi connectivity index (χ2v) is 4.90. The first-order chi connectivity index (χ1) is 9.11. The maximum atomic E-state index is 11.3. The fraction of sp³-hybridized carbons (Fsp3) is 0.500. The summed E-state index contributed by atoms with van der Waals surface area (Å²) in [6.45, 7) is 1.28. The first-order valence-electron chi connectivity index (χ1n) is 6.42. The van der Waals surface area contributed by atoms with Crippen molar-refractivity contribution in [3.8, 4) is 0 Å². The van der Waals surface area contributed by atoms with Gasteiger partial charge in [0, 0.05) is 32.6 Å². The molecule has 104 valence electrons. The number of aliphatic carboxylic acids is 1. The first kappa shape index (κ1) is 14.0. The average Bonchev–Trinajstić information content (AvgIpc) is 2.40. The fourth-order valence-electron chi connectivity index (χ4n) is 2.21. The number of hydrogen-bond acceptors (Lipinski definition) is 4. The Morgan fingerprint density at radius 2 is 1.95 bits per heavy atom. The number of carboxylic acid groups (broad SMARTS) is 1. The summed E-state index contributed by atoms with van der Waals surface area (Å²) >= 11 is 0. The minimum atomic E-state index is -0.943. The van der Waals surface area contributed by atoms with E-state index in [1.165, 1.54) is 0 Å². The molecule has 0 amide bonds. The molecule has 1 aliphatic rings. The van der Waals surface area contributed by atoms with Crippen LogP contribution in [-0.2, 0) is 9.53 Å². The lowest BCUT2D eigenvalue weighted by Crippen LogP contribution is -2.47. The molecule has 1 atom stereocenters. The number of hydrogen-bond donors (Lipinski definition) is 3. The van der Waals surface area contributed by atoms with Crippen LogP contribution in [0.4, 0.5) is 0 Å². The molecule has 19 heavy (non-hydrogen) atoms. The normalized spacial score (nSPS) is 19.8. The molecule has 5 heteroatoms. The Bertz CT molecular complexity index is 415. The quantitative estimate of drug-likeness (QED) is 0.738. The molecule has 1 heterocycles. The van der Waals surface area contributed by atoms with Crippen LogP contribution in [0.25, 0.3) is 0 Å². The molecule has 1 unspecified atom stereocenters. The monoisotopic (exact) mass is 265 g/mol. The number of aliphatic hydroxyl groups is 1. The van der Waals surface area contributed by atoms with E-state index in [1.54, 1.807) is 24.3 Å². The smallest absolute Gasteiger partial charge is 0.325 e. The van der Waals surface area contributed by atoms with Gasteiger partial charge in [-0.2, -0.15) is 0 Å². The SMILES string of the molecule is O=C(O)C(NCC1(O)CCOCC1)c1ccccc1. The zero-order valence-corrected chi connectivity index (χ0v) is 10.7. The number of carbonyl (C=O) groups is 1. The van der Waals surface area contributed by atoms with E-state index in [0.717, 1.165) is 0 Å². The summed E-state index contributed by atoms with van der Waals surface area (Å²) in [5, 5.41) is 22.5. The van der Waals surface area contributed by atoms with Crippen molar-refractivity contribution in [1.82, 2.24) is 5.32 Å². The second-order valence-electron chi connectivity index (χ2n) is 4.90. The zero-order valence-electron chi connectivity index (χ0n) is 10.7. The Morgan fingerprint density at radius 1 is 1.32 bits per heavy atom. The molecule has 1 saturated heterocycles. The Balaban J connectivity index is 2.00. The maximum Gasteiger partial charge on any atom is 0.325 e. The van der Waals surface area contributed by atoms with Crippen LogP contribution in [-0.4, -0.2) is 41.5 Å². The molecular formula is C14H19NO4. The van der Waals surface area contributed by atoms with Gasteiger partial charge in [-0.3, -0.25) is 10.1 Å². The van der Waals surface area contributed by atoms with Crippen molar-refractivity contribution in [2.45, 2.75) is 24.5 Å². The first-order valence-corrected chi connectivity index (χ1v) is 6.42. The molecule has 0 aromatic heterocycles. The van der Waals surface area contributed by atoms with E-state index >= 15 is 0 Å². The van der Waals surface area contributed by atoms with Gasteiger partial charge in [0.1, 0.15) is 6.04 Å². The third kappa shape index (κ3) is 3.76. The number of nitrogens with one attached hydrogen (secondary N) is 1. The van der Waals surface area contributed by atoms with Crippen LogP contribution >= 0.6 is 0 Å². The van der Waals surface area contributed by atoms with Crippen molar-refractivity contribution in [2.75, 3.05) is 19.8 Å². The zero-order chi connectivity index (χ0) is 13.7. The van der Waals surface area contributed by atoms with Crippen molar-refractivity contribution in [3.63, 3.8) is 0 Å². The largest absolute Gasteiger partial charge is 0.480 e. The summed E-state index contributed by atoms with van der Waals surface area (Å²) in [5.74, 6) is -0.943.